The average Bonchev–Trinajstić information content (AvgIpc) is 2.77. The number of nitrogens with one attached hydrogen (secondary N) is 2. The summed E-state index contributed by atoms with van der Waals surface area (Å²) in [7, 11) is 1.94. The molecule has 0 amide bonds. The summed E-state index contributed by atoms with van der Waals surface area (Å²) in [5.74, 6) is 0. The third-order valence-electron chi connectivity index (χ3n) is 3.24. The number of fused-ring (bicyclic) bond motifs is 1. The van der Waals surface area contributed by atoms with Crippen LogP contribution in [0.25, 0.3) is 11.0 Å². The summed E-state index contributed by atoms with van der Waals surface area (Å²) in [6, 6.07) is 11.5. The lowest BCUT2D eigenvalue weighted by Crippen LogP contribution is -2.11. The SMILES string of the molecule is CN(c1ccc2[nH]c(=O)[nH]c2c1)c1ccc(Br)cc1N. The van der Waals surface area contributed by atoms with Crippen molar-refractivity contribution in [3.63, 3.8) is 0 Å². The Balaban J connectivity index is 2.06. The highest BCUT2D eigenvalue weighted by Gasteiger charge is 2.09. The zero-order chi connectivity index (χ0) is 14.3. The van der Waals surface area contributed by atoms with Crippen molar-refractivity contribution in [2.45, 2.75) is 0 Å². The standard InChI is InChI=1S/C14H13BrN4O/c1-19(13-5-2-8(15)6-10(13)16)9-3-4-11-12(7-9)18-14(20)17-11/h2-7H,16H2,1H3,(H2,17,18,20). The zero-order valence-corrected chi connectivity index (χ0v) is 12.4. The second-order valence-electron chi connectivity index (χ2n) is 4.57. The van der Waals surface area contributed by atoms with Crippen LogP contribution in [0, 0.1) is 0 Å². The number of H-pyrrole nitrogens is 2. The molecular formula is C14H13BrN4O. The van der Waals surface area contributed by atoms with E-state index in [0.29, 0.717) is 5.69 Å². The third-order valence-corrected chi connectivity index (χ3v) is 3.73. The number of halogens is 1. The molecule has 0 radical (unpaired) electrons. The molecule has 0 aliphatic carbocycles. The van der Waals surface area contributed by atoms with Crippen molar-refractivity contribution in [2.24, 2.45) is 0 Å². The molecule has 0 aliphatic heterocycles. The summed E-state index contributed by atoms with van der Waals surface area (Å²) < 4.78 is 0.942. The summed E-state index contributed by atoms with van der Waals surface area (Å²) in [5.41, 5.74) is 9.93. The number of aromatic nitrogens is 2. The molecule has 0 fully saturated rings. The van der Waals surface area contributed by atoms with Gasteiger partial charge in [-0.3, -0.25) is 0 Å². The van der Waals surface area contributed by atoms with E-state index in [4.69, 9.17) is 5.73 Å². The number of hydrogen-bond donors (Lipinski definition) is 3. The maximum absolute atomic E-state index is 11.3. The third kappa shape index (κ3) is 2.18. The van der Waals surface area contributed by atoms with Crippen molar-refractivity contribution in [1.29, 1.82) is 0 Å². The van der Waals surface area contributed by atoms with E-state index in [0.717, 1.165) is 26.9 Å². The van der Waals surface area contributed by atoms with Gasteiger partial charge in [-0.25, -0.2) is 4.79 Å². The summed E-state index contributed by atoms with van der Waals surface area (Å²) in [5, 5.41) is 0. The molecule has 0 bridgehead atoms. The molecule has 0 unspecified atom stereocenters. The minimum Gasteiger partial charge on any atom is -0.397 e. The molecule has 1 heterocycles. The number of hydrogen-bond acceptors (Lipinski definition) is 3. The van der Waals surface area contributed by atoms with Gasteiger partial charge in [-0.15, -0.1) is 0 Å². The highest BCUT2D eigenvalue weighted by molar-refractivity contribution is 9.10. The maximum atomic E-state index is 11.3. The first kappa shape index (κ1) is 12.8. The van der Waals surface area contributed by atoms with Gasteiger partial charge in [-0.2, -0.15) is 0 Å². The molecule has 0 saturated carbocycles. The number of nitrogens with two attached hydrogens (primary N) is 1. The fraction of sp³-hybridized carbons (Fsp3) is 0.0714. The Labute approximate surface area is 123 Å². The predicted molar refractivity (Wildman–Crippen MR) is 85.5 cm³/mol. The lowest BCUT2D eigenvalue weighted by atomic mass is 10.2. The molecule has 102 valence electrons. The normalized spacial score (nSPS) is 10.9. The molecule has 1 aromatic heterocycles. The Morgan fingerprint density at radius 1 is 1.10 bits per heavy atom. The lowest BCUT2D eigenvalue weighted by Gasteiger charge is -2.21. The summed E-state index contributed by atoms with van der Waals surface area (Å²) >= 11 is 3.39. The van der Waals surface area contributed by atoms with Crippen molar-refractivity contribution in [2.75, 3.05) is 17.7 Å². The number of imidazole rings is 1. The fourth-order valence-corrected chi connectivity index (χ4v) is 2.58. The van der Waals surface area contributed by atoms with Crippen molar-refractivity contribution in [1.82, 2.24) is 9.97 Å². The topological polar surface area (TPSA) is 77.9 Å². The Hall–Kier alpha value is -2.21. The maximum Gasteiger partial charge on any atom is 0.323 e. The first-order valence-electron chi connectivity index (χ1n) is 6.05. The number of benzene rings is 2. The van der Waals surface area contributed by atoms with Crippen molar-refractivity contribution < 1.29 is 0 Å². The summed E-state index contributed by atoms with van der Waals surface area (Å²) in [6.45, 7) is 0. The van der Waals surface area contributed by atoms with Gasteiger partial charge < -0.3 is 20.6 Å². The van der Waals surface area contributed by atoms with E-state index in [2.05, 4.69) is 25.9 Å². The van der Waals surface area contributed by atoms with Crippen LogP contribution in [0.2, 0.25) is 0 Å². The van der Waals surface area contributed by atoms with E-state index in [1.807, 2.05) is 48.3 Å². The Bertz CT molecular complexity index is 837. The van der Waals surface area contributed by atoms with Gasteiger partial charge in [0.25, 0.3) is 0 Å². The van der Waals surface area contributed by atoms with Gasteiger partial charge in [0.15, 0.2) is 0 Å². The molecule has 3 aromatic rings. The van der Waals surface area contributed by atoms with Gasteiger partial charge in [0, 0.05) is 17.2 Å². The molecule has 20 heavy (non-hydrogen) atoms. The fourth-order valence-electron chi connectivity index (χ4n) is 2.20. The van der Waals surface area contributed by atoms with Gasteiger partial charge in [-0.1, -0.05) is 15.9 Å². The van der Waals surface area contributed by atoms with E-state index < -0.39 is 0 Å². The molecule has 0 aliphatic rings. The highest BCUT2D eigenvalue weighted by atomic mass is 79.9. The van der Waals surface area contributed by atoms with Crippen LogP contribution in [0.3, 0.4) is 0 Å². The number of anilines is 3. The van der Waals surface area contributed by atoms with E-state index >= 15 is 0 Å². The van der Waals surface area contributed by atoms with Crippen LogP contribution >= 0.6 is 15.9 Å². The van der Waals surface area contributed by atoms with Crippen LogP contribution in [0.15, 0.2) is 45.7 Å². The van der Waals surface area contributed by atoms with E-state index in [-0.39, 0.29) is 5.69 Å². The molecule has 0 saturated heterocycles. The molecule has 2 aromatic carbocycles. The van der Waals surface area contributed by atoms with Crippen LogP contribution in [-0.4, -0.2) is 17.0 Å². The van der Waals surface area contributed by atoms with E-state index in [9.17, 15) is 4.79 Å². The predicted octanol–water partition coefficient (Wildman–Crippen LogP) is 2.97. The second kappa shape index (κ2) is 4.72. The monoisotopic (exact) mass is 332 g/mol. The first-order valence-corrected chi connectivity index (χ1v) is 6.85. The van der Waals surface area contributed by atoms with Crippen molar-refractivity contribution in [3.8, 4) is 0 Å². The van der Waals surface area contributed by atoms with Gasteiger partial charge >= 0.3 is 5.69 Å². The number of nitrogen functional groups attached to an aromatic ring is 1. The quantitative estimate of drug-likeness (QED) is 0.631. The van der Waals surface area contributed by atoms with Crippen LogP contribution in [0.1, 0.15) is 0 Å². The first-order chi connectivity index (χ1) is 9.54. The summed E-state index contributed by atoms with van der Waals surface area (Å²) in [4.78, 5) is 18.7. The summed E-state index contributed by atoms with van der Waals surface area (Å²) in [6.07, 6.45) is 0. The lowest BCUT2D eigenvalue weighted by molar-refractivity contribution is 1.21. The van der Waals surface area contributed by atoms with Crippen LogP contribution in [0.5, 0.6) is 0 Å². The van der Waals surface area contributed by atoms with E-state index in [1.54, 1.807) is 0 Å². The van der Waals surface area contributed by atoms with Crippen LogP contribution in [0.4, 0.5) is 17.1 Å². The van der Waals surface area contributed by atoms with Crippen molar-refractivity contribution in [3.05, 3.63) is 51.4 Å². The smallest absolute Gasteiger partial charge is 0.323 e. The molecule has 0 atom stereocenters. The van der Waals surface area contributed by atoms with E-state index in [1.165, 1.54) is 0 Å². The molecule has 0 spiro atoms. The average molecular weight is 333 g/mol. The number of nitrogens with zero attached hydrogens (tertiary/aromatic N) is 1. The Kier molecular flexibility index (Phi) is 3.02. The Morgan fingerprint density at radius 3 is 2.60 bits per heavy atom. The molecule has 3 rings (SSSR count). The van der Waals surface area contributed by atoms with Gasteiger partial charge in [-0.05, 0) is 36.4 Å². The minimum atomic E-state index is -0.206. The molecule has 4 N–H and O–H groups in total. The highest BCUT2D eigenvalue weighted by Crippen LogP contribution is 2.31. The largest absolute Gasteiger partial charge is 0.397 e. The van der Waals surface area contributed by atoms with Crippen LogP contribution in [-0.2, 0) is 0 Å². The van der Waals surface area contributed by atoms with Gasteiger partial charge in [0.2, 0.25) is 0 Å². The molecule has 5 nitrogen and oxygen atoms in total. The van der Waals surface area contributed by atoms with Gasteiger partial charge in [0.05, 0.1) is 22.4 Å². The van der Waals surface area contributed by atoms with Crippen LogP contribution < -0.4 is 16.3 Å². The molecular weight excluding hydrogens is 320 g/mol. The second-order valence-corrected chi connectivity index (χ2v) is 5.49. The number of aromatic amines is 2. The molecule has 6 heteroatoms. The number of rotatable bonds is 2. The Morgan fingerprint density at radius 2 is 1.85 bits per heavy atom. The zero-order valence-electron chi connectivity index (χ0n) is 10.8. The van der Waals surface area contributed by atoms with Gasteiger partial charge in [0.1, 0.15) is 0 Å². The minimum absolute atomic E-state index is 0.206. The van der Waals surface area contributed by atoms with Crippen molar-refractivity contribution >= 4 is 44.0 Å².